The van der Waals surface area contributed by atoms with Crippen LogP contribution in [0.15, 0.2) is 42.5 Å². The van der Waals surface area contributed by atoms with Crippen molar-refractivity contribution >= 4 is 27.5 Å². The van der Waals surface area contributed by atoms with E-state index >= 15 is 0 Å². The van der Waals surface area contributed by atoms with Gasteiger partial charge in [-0.25, -0.2) is 17.2 Å². The molecule has 186 valence electrons. The number of hydrogen-bond donors (Lipinski definition) is 1. The summed E-state index contributed by atoms with van der Waals surface area (Å²) in [5.74, 6) is -3.42. The normalized spacial score (nSPS) is 13.1. The number of hydrogen-bond acceptors (Lipinski definition) is 4. The molecule has 0 saturated heterocycles. The van der Waals surface area contributed by atoms with Crippen LogP contribution in [0.3, 0.4) is 0 Å². The first-order valence-electron chi connectivity index (χ1n) is 10.9. The Morgan fingerprint density at radius 3 is 2.29 bits per heavy atom. The van der Waals surface area contributed by atoms with Crippen LogP contribution in [-0.2, 0) is 26.2 Å². The van der Waals surface area contributed by atoms with E-state index in [1.54, 1.807) is 13.0 Å². The lowest BCUT2D eigenvalue weighted by molar-refractivity contribution is -0.139. The SMILES string of the molecule is CC[C@@H](C)NC(=O)[C@H](C)N(Cc1cccc(C)c1)C(=O)CN(c1ccc(F)c(F)c1)S(C)(=O)=O. The molecule has 2 aromatic rings. The molecule has 0 aliphatic heterocycles. The first-order chi connectivity index (χ1) is 15.8. The van der Waals surface area contributed by atoms with Crippen LogP contribution < -0.4 is 9.62 Å². The van der Waals surface area contributed by atoms with Gasteiger partial charge in [0, 0.05) is 18.7 Å². The van der Waals surface area contributed by atoms with E-state index in [9.17, 15) is 26.8 Å². The molecule has 0 radical (unpaired) electrons. The highest BCUT2D eigenvalue weighted by atomic mass is 32.2. The Morgan fingerprint density at radius 1 is 1.06 bits per heavy atom. The lowest BCUT2D eigenvalue weighted by atomic mass is 10.1. The molecule has 0 aliphatic carbocycles. The zero-order valence-electron chi connectivity index (χ0n) is 20.0. The maximum Gasteiger partial charge on any atom is 0.244 e. The second kappa shape index (κ2) is 11.4. The van der Waals surface area contributed by atoms with Gasteiger partial charge in [0.05, 0.1) is 11.9 Å². The number of rotatable bonds is 10. The molecule has 2 atom stereocenters. The third kappa shape index (κ3) is 7.24. The van der Waals surface area contributed by atoms with Crippen molar-refractivity contribution in [3.05, 3.63) is 65.2 Å². The minimum absolute atomic E-state index is 0.0605. The number of halogens is 2. The Balaban J connectivity index is 2.41. The fourth-order valence-corrected chi connectivity index (χ4v) is 4.15. The van der Waals surface area contributed by atoms with E-state index in [-0.39, 0.29) is 24.2 Å². The summed E-state index contributed by atoms with van der Waals surface area (Å²) in [5, 5.41) is 2.83. The minimum Gasteiger partial charge on any atom is -0.352 e. The smallest absolute Gasteiger partial charge is 0.244 e. The maximum atomic E-state index is 13.8. The van der Waals surface area contributed by atoms with Crippen molar-refractivity contribution in [3.8, 4) is 0 Å². The number of benzene rings is 2. The van der Waals surface area contributed by atoms with Crippen molar-refractivity contribution in [2.45, 2.75) is 52.7 Å². The molecule has 0 spiro atoms. The molecule has 0 heterocycles. The number of nitrogens with one attached hydrogen (secondary N) is 1. The third-order valence-corrected chi connectivity index (χ3v) is 6.61. The summed E-state index contributed by atoms with van der Waals surface area (Å²) >= 11 is 0. The second-order valence-electron chi connectivity index (χ2n) is 8.37. The first kappa shape index (κ1) is 27.2. The average molecular weight is 496 g/mol. The van der Waals surface area contributed by atoms with Crippen molar-refractivity contribution in [2.24, 2.45) is 0 Å². The summed E-state index contributed by atoms with van der Waals surface area (Å²) in [6.45, 7) is 6.58. The van der Waals surface area contributed by atoms with Crippen LogP contribution in [0.5, 0.6) is 0 Å². The fourth-order valence-electron chi connectivity index (χ4n) is 3.31. The minimum atomic E-state index is -4.03. The van der Waals surface area contributed by atoms with E-state index < -0.39 is 40.2 Å². The topological polar surface area (TPSA) is 86.8 Å². The van der Waals surface area contributed by atoms with Gasteiger partial charge in [0.2, 0.25) is 21.8 Å². The number of amides is 2. The van der Waals surface area contributed by atoms with Gasteiger partial charge in [-0.2, -0.15) is 0 Å². The van der Waals surface area contributed by atoms with E-state index in [1.165, 1.54) is 4.90 Å². The Bertz CT molecular complexity index is 1140. The number of anilines is 1. The lowest BCUT2D eigenvalue weighted by Gasteiger charge is -2.32. The summed E-state index contributed by atoms with van der Waals surface area (Å²) in [4.78, 5) is 27.5. The van der Waals surface area contributed by atoms with Gasteiger partial charge >= 0.3 is 0 Å². The van der Waals surface area contributed by atoms with Gasteiger partial charge in [-0.15, -0.1) is 0 Å². The molecule has 34 heavy (non-hydrogen) atoms. The Hall–Kier alpha value is -3.01. The van der Waals surface area contributed by atoms with E-state index in [2.05, 4.69) is 5.32 Å². The van der Waals surface area contributed by atoms with E-state index in [0.29, 0.717) is 16.8 Å². The second-order valence-corrected chi connectivity index (χ2v) is 10.3. The largest absolute Gasteiger partial charge is 0.352 e. The maximum absolute atomic E-state index is 13.8. The van der Waals surface area contributed by atoms with Crippen molar-refractivity contribution in [1.82, 2.24) is 10.2 Å². The van der Waals surface area contributed by atoms with Crippen LogP contribution in [0, 0.1) is 18.6 Å². The number of carbonyl (C=O) groups is 2. The summed E-state index contributed by atoms with van der Waals surface area (Å²) in [7, 11) is -4.03. The molecule has 1 N–H and O–H groups in total. The predicted octanol–water partition coefficient (Wildman–Crippen LogP) is 3.37. The van der Waals surface area contributed by atoms with E-state index in [0.717, 1.165) is 29.5 Å². The predicted molar refractivity (Wildman–Crippen MR) is 128 cm³/mol. The standard InChI is InChI=1S/C24H31F2N3O4S/c1-6-17(3)27-24(31)18(4)28(14-19-9-7-8-16(2)12-19)23(30)15-29(34(5,32)33)20-10-11-21(25)22(26)13-20/h7-13,17-18H,6,14-15H2,1-5H3,(H,27,31)/t17-,18+/m1/s1. The number of nitrogens with zero attached hydrogens (tertiary/aromatic N) is 2. The molecule has 0 bridgehead atoms. The molecule has 0 fully saturated rings. The monoisotopic (exact) mass is 495 g/mol. The van der Waals surface area contributed by atoms with Crippen LogP contribution in [0.1, 0.15) is 38.3 Å². The van der Waals surface area contributed by atoms with E-state index in [4.69, 9.17) is 0 Å². The number of carbonyl (C=O) groups excluding carboxylic acids is 2. The highest BCUT2D eigenvalue weighted by Gasteiger charge is 2.30. The highest BCUT2D eigenvalue weighted by molar-refractivity contribution is 7.92. The lowest BCUT2D eigenvalue weighted by Crippen LogP contribution is -2.52. The van der Waals surface area contributed by atoms with Gasteiger partial charge in [0.25, 0.3) is 0 Å². The summed E-state index contributed by atoms with van der Waals surface area (Å²) < 4.78 is 52.8. The van der Waals surface area contributed by atoms with Crippen molar-refractivity contribution < 1.29 is 26.8 Å². The van der Waals surface area contributed by atoms with Crippen LogP contribution in [-0.4, -0.2) is 50.0 Å². The third-order valence-electron chi connectivity index (χ3n) is 5.47. The van der Waals surface area contributed by atoms with Crippen LogP contribution in [0.25, 0.3) is 0 Å². The summed E-state index contributed by atoms with van der Waals surface area (Å²) in [5.41, 5.74) is 1.53. The van der Waals surface area contributed by atoms with Crippen LogP contribution in [0.4, 0.5) is 14.5 Å². The Kier molecular flexibility index (Phi) is 9.14. The number of aryl methyl sites for hydroxylation is 1. The molecule has 2 amide bonds. The van der Waals surface area contributed by atoms with Gasteiger partial charge in [-0.3, -0.25) is 13.9 Å². The summed E-state index contributed by atoms with van der Waals surface area (Å²) in [6, 6.07) is 8.95. The molecule has 0 aromatic heterocycles. The molecule has 0 aliphatic rings. The van der Waals surface area contributed by atoms with Gasteiger partial charge in [0.15, 0.2) is 11.6 Å². The molecule has 0 saturated carbocycles. The molecule has 0 unspecified atom stereocenters. The van der Waals surface area contributed by atoms with Crippen LogP contribution >= 0.6 is 0 Å². The zero-order chi connectivity index (χ0) is 25.6. The molecule has 2 aromatic carbocycles. The quantitative estimate of drug-likeness (QED) is 0.548. The Labute approximate surface area is 199 Å². The molecule has 7 nitrogen and oxygen atoms in total. The molecule has 2 rings (SSSR count). The fraction of sp³-hybridized carbons (Fsp3) is 0.417. The van der Waals surface area contributed by atoms with Crippen molar-refractivity contribution in [3.63, 3.8) is 0 Å². The van der Waals surface area contributed by atoms with Crippen LogP contribution in [0.2, 0.25) is 0 Å². The molecule has 10 heteroatoms. The number of sulfonamides is 1. The average Bonchev–Trinajstić information content (AvgIpc) is 2.76. The van der Waals surface area contributed by atoms with Gasteiger partial charge in [0.1, 0.15) is 12.6 Å². The molecular formula is C24H31F2N3O4S. The van der Waals surface area contributed by atoms with Crippen molar-refractivity contribution in [2.75, 3.05) is 17.1 Å². The first-order valence-corrected chi connectivity index (χ1v) is 12.8. The highest BCUT2D eigenvalue weighted by Crippen LogP contribution is 2.21. The van der Waals surface area contributed by atoms with Gasteiger partial charge in [-0.1, -0.05) is 36.8 Å². The van der Waals surface area contributed by atoms with Gasteiger partial charge < -0.3 is 10.2 Å². The van der Waals surface area contributed by atoms with E-state index in [1.807, 2.05) is 39.0 Å². The Morgan fingerprint density at radius 2 is 1.74 bits per heavy atom. The summed E-state index contributed by atoms with van der Waals surface area (Å²) in [6.07, 6.45) is 1.56. The molecular weight excluding hydrogens is 464 g/mol. The zero-order valence-corrected chi connectivity index (χ0v) is 20.8. The van der Waals surface area contributed by atoms with Crippen molar-refractivity contribution in [1.29, 1.82) is 0 Å². The van der Waals surface area contributed by atoms with Gasteiger partial charge in [-0.05, 0) is 44.9 Å².